The van der Waals surface area contributed by atoms with Crippen LogP contribution in [0.25, 0.3) is 0 Å². The van der Waals surface area contributed by atoms with Crippen molar-refractivity contribution in [2.75, 3.05) is 17.2 Å². The lowest BCUT2D eigenvalue weighted by Gasteiger charge is -2.40. The summed E-state index contributed by atoms with van der Waals surface area (Å²) in [6, 6.07) is 5.95. The molecule has 98 valence electrons. The Balaban J connectivity index is 2.42. The molecule has 1 aliphatic heterocycles. The Kier molecular flexibility index (Phi) is 4.07. The molecule has 1 heterocycles. The maximum atomic E-state index is 7.68. The van der Waals surface area contributed by atoms with Crippen molar-refractivity contribution in [2.24, 2.45) is 5.73 Å². The van der Waals surface area contributed by atoms with Gasteiger partial charge in [-0.15, -0.1) is 0 Å². The number of rotatable bonds is 2. The van der Waals surface area contributed by atoms with Gasteiger partial charge in [0.15, 0.2) is 0 Å². The van der Waals surface area contributed by atoms with Gasteiger partial charge in [0.1, 0.15) is 5.84 Å². The molecule has 2 unspecified atom stereocenters. The SMILES string of the molecule is CC1SCCN(c2cc(Cl)ccc2C(=N)N)C1C. The number of amidine groups is 1. The molecule has 1 fully saturated rings. The van der Waals surface area contributed by atoms with Crippen LogP contribution in [0.4, 0.5) is 5.69 Å². The van der Waals surface area contributed by atoms with Gasteiger partial charge in [-0.3, -0.25) is 5.41 Å². The van der Waals surface area contributed by atoms with Crippen molar-refractivity contribution in [3.63, 3.8) is 0 Å². The first kappa shape index (κ1) is 13.6. The maximum absolute atomic E-state index is 7.68. The van der Waals surface area contributed by atoms with Gasteiger partial charge >= 0.3 is 0 Å². The van der Waals surface area contributed by atoms with Crippen LogP contribution in [0.1, 0.15) is 19.4 Å². The van der Waals surface area contributed by atoms with Crippen LogP contribution >= 0.6 is 23.4 Å². The van der Waals surface area contributed by atoms with E-state index in [9.17, 15) is 0 Å². The van der Waals surface area contributed by atoms with Gasteiger partial charge in [-0.2, -0.15) is 11.8 Å². The van der Waals surface area contributed by atoms with Gasteiger partial charge in [-0.05, 0) is 25.1 Å². The molecule has 1 saturated heterocycles. The second-order valence-corrected chi connectivity index (χ2v) is 6.51. The fourth-order valence-corrected chi connectivity index (χ4v) is 3.51. The van der Waals surface area contributed by atoms with Crippen molar-refractivity contribution in [3.05, 3.63) is 28.8 Å². The number of halogens is 1. The van der Waals surface area contributed by atoms with Gasteiger partial charge in [-0.1, -0.05) is 18.5 Å². The highest BCUT2D eigenvalue weighted by molar-refractivity contribution is 8.00. The van der Waals surface area contributed by atoms with Crippen LogP contribution in [0, 0.1) is 5.41 Å². The summed E-state index contributed by atoms with van der Waals surface area (Å²) in [7, 11) is 0. The van der Waals surface area contributed by atoms with Crippen LogP contribution in [0.3, 0.4) is 0 Å². The third-order valence-corrected chi connectivity index (χ3v) is 5.02. The van der Waals surface area contributed by atoms with E-state index in [1.807, 2.05) is 23.9 Å². The number of nitrogens with two attached hydrogens (primary N) is 1. The van der Waals surface area contributed by atoms with E-state index in [1.165, 1.54) is 0 Å². The van der Waals surface area contributed by atoms with Crippen molar-refractivity contribution in [3.8, 4) is 0 Å². The van der Waals surface area contributed by atoms with Gasteiger partial charge in [0.2, 0.25) is 0 Å². The van der Waals surface area contributed by atoms with Crippen molar-refractivity contribution in [2.45, 2.75) is 25.1 Å². The summed E-state index contributed by atoms with van der Waals surface area (Å²) in [5, 5.41) is 8.94. The first-order valence-corrected chi connectivity index (χ1v) is 7.45. The Morgan fingerprint density at radius 3 is 2.89 bits per heavy atom. The number of benzene rings is 1. The third-order valence-electron chi connectivity index (χ3n) is 3.44. The van der Waals surface area contributed by atoms with Crippen molar-refractivity contribution in [1.82, 2.24) is 0 Å². The van der Waals surface area contributed by atoms with E-state index in [2.05, 4.69) is 18.7 Å². The zero-order valence-electron chi connectivity index (χ0n) is 10.6. The maximum Gasteiger partial charge on any atom is 0.124 e. The molecule has 0 radical (unpaired) electrons. The molecule has 0 bridgehead atoms. The highest BCUT2D eigenvalue weighted by atomic mass is 35.5. The predicted octanol–water partition coefficient (Wildman–Crippen LogP) is 2.95. The van der Waals surface area contributed by atoms with Gasteiger partial charge in [0, 0.05) is 39.9 Å². The Bertz CT molecular complexity index is 464. The largest absolute Gasteiger partial charge is 0.384 e. The molecule has 1 aromatic rings. The molecule has 0 aliphatic carbocycles. The quantitative estimate of drug-likeness (QED) is 0.648. The molecular formula is C13H18ClN3S. The third kappa shape index (κ3) is 2.59. The summed E-state index contributed by atoms with van der Waals surface area (Å²) in [6.45, 7) is 5.41. The minimum atomic E-state index is 0.0970. The van der Waals surface area contributed by atoms with Crippen molar-refractivity contribution in [1.29, 1.82) is 5.41 Å². The minimum absolute atomic E-state index is 0.0970. The molecular weight excluding hydrogens is 266 g/mol. The average molecular weight is 284 g/mol. The summed E-state index contributed by atoms with van der Waals surface area (Å²) in [5.74, 6) is 1.19. The van der Waals surface area contributed by atoms with E-state index in [-0.39, 0.29) is 5.84 Å². The summed E-state index contributed by atoms with van der Waals surface area (Å²) < 4.78 is 0. The first-order valence-electron chi connectivity index (χ1n) is 6.03. The minimum Gasteiger partial charge on any atom is -0.384 e. The topological polar surface area (TPSA) is 53.1 Å². The van der Waals surface area contributed by atoms with Crippen LogP contribution in [-0.4, -0.2) is 29.4 Å². The van der Waals surface area contributed by atoms with E-state index in [0.717, 1.165) is 23.5 Å². The molecule has 2 rings (SSSR count). The standard InChI is InChI=1S/C13H18ClN3S/c1-8-9(2)18-6-5-17(8)12-7-10(14)3-4-11(12)13(15)16/h3-4,7-9H,5-6H2,1-2H3,(H3,15,16). The second kappa shape index (κ2) is 5.41. The van der Waals surface area contributed by atoms with E-state index < -0.39 is 0 Å². The molecule has 0 spiro atoms. The second-order valence-electron chi connectivity index (χ2n) is 4.59. The number of anilines is 1. The Morgan fingerprint density at radius 1 is 1.50 bits per heavy atom. The van der Waals surface area contributed by atoms with E-state index >= 15 is 0 Å². The number of hydrogen-bond donors (Lipinski definition) is 2. The zero-order valence-corrected chi connectivity index (χ0v) is 12.2. The van der Waals surface area contributed by atoms with Crippen LogP contribution in [0.15, 0.2) is 18.2 Å². The number of hydrogen-bond acceptors (Lipinski definition) is 3. The molecule has 3 N–H and O–H groups in total. The number of nitrogens with zero attached hydrogens (tertiary/aromatic N) is 1. The van der Waals surface area contributed by atoms with E-state index in [4.69, 9.17) is 22.7 Å². The molecule has 3 nitrogen and oxygen atoms in total. The van der Waals surface area contributed by atoms with Gasteiger partial charge in [-0.25, -0.2) is 0 Å². The van der Waals surface area contributed by atoms with Crippen LogP contribution in [-0.2, 0) is 0 Å². The smallest absolute Gasteiger partial charge is 0.124 e. The summed E-state index contributed by atoms with van der Waals surface area (Å²) in [4.78, 5) is 2.31. The lowest BCUT2D eigenvalue weighted by Crippen LogP contribution is -2.45. The monoisotopic (exact) mass is 283 g/mol. The summed E-state index contributed by atoms with van der Waals surface area (Å²) >= 11 is 8.07. The van der Waals surface area contributed by atoms with Crippen LogP contribution in [0.5, 0.6) is 0 Å². The molecule has 5 heteroatoms. The first-order chi connectivity index (χ1) is 8.50. The Labute approximate surface area is 117 Å². The molecule has 1 aliphatic rings. The molecule has 0 saturated carbocycles. The van der Waals surface area contributed by atoms with Crippen LogP contribution < -0.4 is 10.6 Å². The average Bonchev–Trinajstić information content (AvgIpc) is 2.32. The summed E-state index contributed by atoms with van der Waals surface area (Å²) in [6.07, 6.45) is 0. The lowest BCUT2D eigenvalue weighted by molar-refractivity contribution is 0.627. The molecule has 0 amide bonds. The molecule has 18 heavy (non-hydrogen) atoms. The lowest BCUT2D eigenvalue weighted by atomic mass is 10.1. The highest BCUT2D eigenvalue weighted by Crippen LogP contribution is 2.32. The zero-order chi connectivity index (χ0) is 13.3. The van der Waals surface area contributed by atoms with Crippen molar-refractivity contribution < 1.29 is 0 Å². The Hall–Kier alpha value is -0.870. The van der Waals surface area contributed by atoms with E-state index in [0.29, 0.717) is 16.3 Å². The number of nitrogens with one attached hydrogen (secondary N) is 1. The molecule has 0 aromatic heterocycles. The van der Waals surface area contributed by atoms with Gasteiger partial charge in [0.25, 0.3) is 0 Å². The predicted molar refractivity (Wildman–Crippen MR) is 81.2 cm³/mol. The Morgan fingerprint density at radius 2 is 2.22 bits per heavy atom. The number of thioether (sulfide) groups is 1. The van der Waals surface area contributed by atoms with Gasteiger partial charge in [0.05, 0.1) is 0 Å². The van der Waals surface area contributed by atoms with Crippen molar-refractivity contribution >= 4 is 34.9 Å². The molecule has 1 aromatic carbocycles. The van der Waals surface area contributed by atoms with Crippen LogP contribution in [0.2, 0.25) is 5.02 Å². The fourth-order valence-electron chi connectivity index (χ4n) is 2.24. The van der Waals surface area contributed by atoms with Gasteiger partial charge < -0.3 is 10.6 Å². The highest BCUT2D eigenvalue weighted by Gasteiger charge is 2.27. The molecule has 2 atom stereocenters. The normalized spacial score (nSPS) is 24.1. The van der Waals surface area contributed by atoms with E-state index in [1.54, 1.807) is 6.07 Å². The fraction of sp³-hybridized carbons (Fsp3) is 0.462. The number of nitrogen functional groups attached to an aromatic ring is 1. The summed E-state index contributed by atoms with van der Waals surface area (Å²) in [5.41, 5.74) is 7.41.